The first kappa shape index (κ1) is 12.5. The van der Waals surface area contributed by atoms with E-state index < -0.39 is 0 Å². The maximum atomic E-state index is 12.2. The first-order valence-electron chi connectivity index (χ1n) is 7.71. The Kier molecular flexibility index (Phi) is 3.60. The summed E-state index contributed by atoms with van der Waals surface area (Å²) in [5.41, 5.74) is 0.148. The summed E-state index contributed by atoms with van der Waals surface area (Å²) in [4.78, 5) is 12.2. The van der Waals surface area contributed by atoms with E-state index in [2.05, 4.69) is 5.32 Å². The topological polar surface area (TPSA) is 38.3 Å². The molecule has 0 bridgehead atoms. The number of hydrogen-bond acceptors (Lipinski definition) is 2. The van der Waals surface area contributed by atoms with Crippen LogP contribution < -0.4 is 5.32 Å². The molecular formula is C15H25NO2. The van der Waals surface area contributed by atoms with Gasteiger partial charge in [-0.25, -0.2) is 0 Å². The predicted molar refractivity (Wildman–Crippen MR) is 70.2 cm³/mol. The van der Waals surface area contributed by atoms with Gasteiger partial charge in [0.25, 0.3) is 0 Å². The summed E-state index contributed by atoms with van der Waals surface area (Å²) >= 11 is 0. The van der Waals surface area contributed by atoms with Gasteiger partial charge in [-0.3, -0.25) is 4.79 Å². The van der Waals surface area contributed by atoms with Crippen molar-refractivity contribution in [2.45, 2.75) is 63.4 Å². The minimum absolute atomic E-state index is 0.148. The van der Waals surface area contributed by atoms with Crippen molar-refractivity contribution in [2.24, 2.45) is 11.8 Å². The lowest BCUT2D eigenvalue weighted by Crippen LogP contribution is -2.43. The fraction of sp³-hybridized carbons (Fsp3) is 0.933. The quantitative estimate of drug-likeness (QED) is 0.778. The lowest BCUT2D eigenvalue weighted by atomic mass is 9.76. The molecule has 3 nitrogen and oxygen atoms in total. The number of rotatable bonds is 1. The third-order valence-electron chi connectivity index (χ3n) is 5.19. The second-order valence-corrected chi connectivity index (χ2v) is 6.38. The van der Waals surface area contributed by atoms with Gasteiger partial charge in [-0.05, 0) is 44.4 Å². The van der Waals surface area contributed by atoms with Gasteiger partial charge in [-0.1, -0.05) is 19.3 Å². The molecule has 18 heavy (non-hydrogen) atoms. The van der Waals surface area contributed by atoms with E-state index in [1.165, 1.54) is 32.1 Å². The molecule has 1 aliphatic carbocycles. The number of carbonyl (C=O) groups excluding carboxylic acids is 1. The number of hydrogen-bond donors (Lipinski definition) is 1. The molecule has 1 amide bonds. The third kappa shape index (κ3) is 2.42. The van der Waals surface area contributed by atoms with Crippen LogP contribution in [0.3, 0.4) is 0 Å². The van der Waals surface area contributed by atoms with Crippen molar-refractivity contribution in [3.05, 3.63) is 0 Å². The van der Waals surface area contributed by atoms with Gasteiger partial charge in [-0.15, -0.1) is 0 Å². The van der Waals surface area contributed by atoms with Crippen LogP contribution in [0.15, 0.2) is 0 Å². The van der Waals surface area contributed by atoms with Crippen molar-refractivity contribution in [2.75, 3.05) is 13.2 Å². The van der Waals surface area contributed by atoms with Crippen LogP contribution in [0.2, 0.25) is 0 Å². The van der Waals surface area contributed by atoms with Crippen LogP contribution in [0.25, 0.3) is 0 Å². The van der Waals surface area contributed by atoms with Crippen LogP contribution in [0, 0.1) is 11.8 Å². The van der Waals surface area contributed by atoms with Crippen molar-refractivity contribution in [1.82, 2.24) is 5.32 Å². The van der Waals surface area contributed by atoms with Gasteiger partial charge in [0.15, 0.2) is 0 Å². The van der Waals surface area contributed by atoms with Gasteiger partial charge in [0.05, 0.1) is 5.60 Å². The van der Waals surface area contributed by atoms with E-state index in [1.54, 1.807) is 0 Å². The second-order valence-electron chi connectivity index (χ2n) is 6.38. The first-order chi connectivity index (χ1) is 8.79. The van der Waals surface area contributed by atoms with Crippen LogP contribution in [-0.2, 0) is 9.53 Å². The maximum absolute atomic E-state index is 12.2. The average molecular weight is 251 g/mol. The minimum Gasteiger partial charge on any atom is -0.375 e. The molecule has 2 aliphatic heterocycles. The van der Waals surface area contributed by atoms with Gasteiger partial charge in [0.2, 0.25) is 5.91 Å². The highest BCUT2D eigenvalue weighted by Gasteiger charge is 2.43. The molecule has 0 radical (unpaired) electrons. The molecule has 1 saturated carbocycles. The Labute approximate surface area is 110 Å². The Morgan fingerprint density at radius 3 is 2.78 bits per heavy atom. The Morgan fingerprint density at radius 2 is 1.94 bits per heavy atom. The second kappa shape index (κ2) is 5.20. The van der Waals surface area contributed by atoms with E-state index in [4.69, 9.17) is 4.74 Å². The molecule has 3 rings (SSSR count). The van der Waals surface area contributed by atoms with Crippen molar-refractivity contribution in [1.29, 1.82) is 0 Å². The minimum atomic E-state index is 0.148. The summed E-state index contributed by atoms with van der Waals surface area (Å²) in [5.74, 6) is 1.14. The molecule has 102 valence electrons. The van der Waals surface area contributed by atoms with Crippen LogP contribution in [0.4, 0.5) is 0 Å². The zero-order valence-corrected chi connectivity index (χ0v) is 11.2. The van der Waals surface area contributed by atoms with Gasteiger partial charge in [0, 0.05) is 19.1 Å². The van der Waals surface area contributed by atoms with Gasteiger partial charge >= 0.3 is 0 Å². The molecule has 0 aromatic carbocycles. The highest BCUT2D eigenvalue weighted by molar-refractivity contribution is 5.79. The standard InChI is InChI=1S/C15H25NO2/c17-14-13(5-1-4-9-16-14)12-6-10-18-15(11-12)7-2-3-8-15/h12-13H,1-11H2,(H,16,17). The summed E-state index contributed by atoms with van der Waals surface area (Å²) in [7, 11) is 0. The van der Waals surface area contributed by atoms with Gasteiger partial charge in [0.1, 0.15) is 0 Å². The Bertz CT molecular complexity index is 310. The van der Waals surface area contributed by atoms with Crippen molar-refractivity contribution < 1.29 is 9.53 Å². The number of nitrogens with one attached hydrogen (secondary N) is 1. The molecule has 1 spiro atoms. The van der Waals surface area contributed by atoms with Gasteiger partial charge < -0.3 is 10.1 Å². The fourth-order valence-electron chi connectivity index (χ4n) is 4.19. The van der Waals surface area contributed by atoms with E-state index in [-0.39, 0.29) is 11.5 Å². The summed E-state index contributed by atoms with van der Waals surface area (Å²) in [6, 6.07) is 0. The molecule has 2 atom stereocenters. The molecule has 2 unspecified atom stereocenters. The number of carbonyl (C=O) groups is 1. The van der Waals surface area contributed by atoms with E-state index in [0.29, 0.717) is 11.8 Å². The molecular weight excluding hydrogens is 226 g/mol. The van der Waals surface area contributed by atoms with Crippen LogP contribution in [0.5, 0.6) is 0 Å². The lowest BCUT2D eigenvalue weighted by Gasteiger charge is -2.40. The predicted octanol–water partition coefficient (Wildman–Crippen LogP) is 2.64. The zero-order valence-electron chi connectivity index (χ0n) is 11.2. The Hall–Kier alpha value is -0.570. The Balaban J connectivity index is 1.68. The largest absolute Gasteiger partial charge is 0.375 e. The SMILES string of the molecule is O=C1NCCCCC1C1CCOC2(CCCC2)C1. The summed E-state index contributed by atoms with van der Waals surface area (Å²) < 4.78 is 6.08. The smallest absolute Gasteiger partial charge is 0.223 e. The number of amides is 1. The van der Waals surface area contributed by atoms with Crippen LogP contribution in [0.1, 0.15) is 57.8 Å². The molecule has 3 aliphatic rings. The number of ether oxygens (including phenoxy) is 1. The molecule has 3 fully saturated rings. The zero-order chi connectivity index (χ0) is 12.4. The summed E-state index contributed by atoms with van der Waals surface area (Å²) in [6.07, 6.45) is 10.7. The molecule has 0 aromatic heterocycles. The summed E-state index contributed by atoms with van der Waals surface area (Å²) in [6.45, 7) is 1.75. The normalized spacial score (nSPS) is 36.3. The third-order valence-corrected chi connectivity index (χ3v) is 5.19. The lowest BCUT2D eigenvalue weighted by molar-refractivity contribution is -0.134. The highest BCUT2D eigenvalue weighted by atomic mass is 16.5. The van der Waals surface area contributed by atoms with Gasteiger partial charge in [-0.2, -0.15) is 0 Å². The fourth-order valence-corrected chi connectivity index (χ4v) is 4.19. The van der Waals surface area contributed by atoms with Crippen molar-refractivity contribution in [3.63, 3.8) is 0 Å². The van der Waals surface area contributed by atoms with Crippen LogP contribution in [-0.4, -0.2) is 24.7 Å². The summed E-state index contributed by atoms with van der Waals surface area (Å²) in [5, 5.41) is 3.09. The molecule has 2 heterocycles. The van der Waals surface area contributed by atoms with E-state index in [9.17, 15) is 4.79 Å². The molecule has 2 saturated heterocycles. The van der Waals surface area contributed by atoms with E-state index in [0.717, 1.165) is 38.8 Å². The van der Waals surface area contributed by atoms with E-state index in [1.807, 2.05) is 0 Å². The van der Waals surface area contributed by atoms with Crippen molar-refractivity contribution >= 4 is 5.91 Å². The molecule has 1 N–H and O–H groups in total. The molecule has 0 aromatic rings. The first-order valence-corrected chi connectivity index (χ1v) is 7.71. The Morgan fingerprint density at radius 1 is 1.11 bits per heavy atom. The van der Waals surface area contributed by atoms with Crippen molar-refractivity contribution in [3.8, 4) is 0 Å². The maximum Gasteiger partial charge on any atom is 0.223 e. The van der Waals surface area contributed by atoms with Crippen LogP contribution >= 0.6 is 0 Å². The van der Waals surface area contributed by atoms with E-state index >= 15 is 0 Å². The molecule has 3 heteroatoms. The highest BCUT2D eigenvalue weighted by Crippen LogP contribution is 2.44. The average Bonchev–Trinajstić information content (AvgIpc) is 2.70. The monoisotopic (exact) mass is 251 g/mol.